The summed E-state index contributed by atoms with van der Waals surface area (Å²) in [4.78, 5) is 14.7. The summed E-state index contributed by atoms with van der Waals surface area (Å²) in [5.41, 5.74) is 0. The van der Waals surface area contributed by atoms with Gasteiger partial charge >= 0.3 is 5.97 Å². The van der Waals surface area contributed by atoms with Crippen molar-refractivity contribution in [3.63, 3.8) is 0 Å². The maximum atomic E-state index is 12.7. The largest absolute Gasteiger partial charge is 0.462 e. The fourth-order valence-corrected chi connectivity index (χ4v) is 4.07. The molecular formula is C27H43NO4S. The van der Waals surface area contributed by atoms with E-state index in [9.17, 15) is 9.00 Å². The third-order valence-electron chi connectivity index (χ3n) is 5.38. The summed E-state index contributed by atoms with van der Waals surface area (Å²) in [6, 6.07) is 8.84. The lowest BCUT2D eigenvalue weighted by Crippen LogP contribution is -2.17. The molecular weight excluding hydrogens is 434 g/mol. The molecule has 0 saturated heterocycles. The van der Waals surface area contributed by atoms with E-state index in [2.05, 4.69) is 25.7 Å². The monoisotopic (exact) mass is 477 g/mol. The molecule has 0 aliphatic rings. The summed E-state index contributed by atoms with van der Waals surface area (Å²) in [6.45, 7) is 8.37. The van der Waals surface area contributed by atoms with Gasteiger partial charge in [0, 0.05) is 13.1 Å². The number of carbonyl (C=O) groups excluding carboxylic acids is 1. The molecule has 5 nitrogen and oxygen atoms in total. The molecule has 1 atom stereocenters. The van der Waals surface area contributed by atoms with Crippen molar-refractivity contribution in [1.29, 1.82) is 0 Å². The van der Waals surface area contributed by atoms with Crippen LogP contribution in [-0.2, 0) is 20.6 Å². The molecule has 33 heavy (non-hydrogen) atoms. The van der Waals surface area contributed by atoms with Crippen LogP contribution in [-0.4, -0.2) is 34.8 Å². The number of benzene rings is 1. The number of hydrogen-bond donors (Lipinski definition) is 0. The van der Waals surface area contributed by atoms with Gasteiger partial charge in [-0.3, -0.25) is 0 Å². The van der Waals surface area contributed by atoms with Gasteiger partial charge in [-0.25, -0.2) is 9.00 Å². The van der Waals surface area contributed by atoms with Crippen LogP contribution in [0, 0.1) is 0 Å². The number of para-hydroxylation sites is 1. The van der Waals surface area contributed by atoms with E-state index in [1.165, 1.54) is 51.0 Å². The van der Waals surface area contributed by atoms with Gasteiger partial charge in [0.05, 0.1) is 6.61 Å². The lowest BCUT2D eigenvalue weighted by molar-refractivity contribution is -0.138. The first-order chi connectivity index (χ1) is 16.1. The predicted molar refractivity (Wildman–Crippen MR) is 138 cm³/mol. The molecule has 1 aromatic rings. The highest BCUT2D eigenvalue weighted by Crippen LogP contribution is 2.16. The van der Waals surface area contributed by atoms with Crippen molar-refractivity contribution in [2.24, 2.45) is 0 Å². The maximum Gasteiger partial charge on any atom is 0.350 e. The van der Waals surface area contributed by atoms with Crippen LogP contribution in [0.15, 0.2) is 53.6 Å². The zero-order valence-electron chi connectivity index (χ0n) is 20.8. The van der Waals surface area contributed by atoms with Crippen molar-refractivity contribution in [1.82, 2.24) is 4.90 Å². The summed E-state index contributed by atoms with van der Waals surface area (Å²) in [5.74, 6) is -0.152. The van der Waals surface area contributed by atoms with Gasteiger partial charge in [0.2, 0.25) is 11.1 Å². The molecule has 1 aromatic carbocycles. The second kappa shape index (κ2) is 19.4. The van der Waals surface area contributed by atoms with Gasteiger partial charge in [0.25, 0.3) is 0 Å². The van der Waals surface area contributed by atoms with Crippen molar-refractivity contribution in [3.05, 3.63) is 53.6 Å². The fraction of sp³-hybridized carbons (Fsp3) is 0.593. The van der Waals surface area contributed by atoms with E-state index in [0.29, 0.717) is 12.4 Å². The minimum absolute atomic E-state index is 0.00865. The second-order valence-corrected chi connectivity index (χ2v) is 9.12. The van der Waals surface area contributed by atoms with Crippen LogP contribution in [0.3, 0.4) is 0 Å². The molecule has 1 unspecified atom stereocenters. The molecule has 0 aromatic heterocycles. The SMILES string of the molecule is CCCCCCCCCCCCOC(=O)/C(=C/C=C/N(CC)CC)S(=O)Oc1ccccc1. The Balaban J connectivity index is 2.49. The Morgan fingerprint density at radius 3 is 2.03 bits per heavy atom. The first kappa shape index (κ1) is 29.0. The molecule has 0 heterocycles. The quantitative estimate of drug-likeness (QED) is 0.0935. The number of nitrogens with zero attached hydrogens (tertiary/aromatic N) is 1. The summed E-state index contributed by atoms with van der Waals surface area (Å²) in [7, 11) is 0. The van der Waals surface area contributed by atoms with Crippen LogP contribution in [0.1, 0.15) is 85.0 Å². The van der Waals surface area contributed by atoms with Gasteiger partial charge in [-0.2, -0.15) is 0 Å². The van der Waals surface area contributed by atoms with Crippen molar-refractivity contribution in [2.75, 3.05) is 19.7 Å². The van der Waals surface area contributed by atoms with Gasteiger partial charge in [0.15, 0.2) is 4.91 Å². The highest BCUT2D eigenvalue weighted by atomic mass is 32.2. The standard InChI is InChI=1S/C27H43NO4S/c1-4-7-8-9-10-11-12-13-14-18-24-31-27(29)26(22-19-23-28(5-2)6-3)33(30)32-25-20-16-15-17-21-25/h15-17,19-23H,4-14,18,24H2,1-3H3/b23-19+,26-22-. The van der Waals surface area contributed by atoms with E-state index in [1.807, 2.05) is 12.3 Å². The van der Waals surface area contributed by atoms with Crippen LogP contribution in [0.5, 0.6) is 5.75 Å². The van der Waals surface area contributed by atoms with Crippen LogP contribution < -0.4 is 4.18 Å². The normalized spacial score (nSPS) is 12.6. The zero-order valence-corrected chi connectivity index (χ0v) is 21.6. The lowest BCUT2D eigenvalue weighted by atomic mass is 10.1. The maximum absolute atomic E-state index is 12.7. The number of hydrogen-bond acceptors (Lipinski definition) is 5. The topological polar surface area (TPSA) is 55.8 Å². The van der Waals surface area contributed by atoms with Gasteiger partial charge in [-0.05, 0) is 50.8 Å². The summed E-state index contributed by atoms with van der Waals surface area (Å²) in [6.07, 6.45) is 17.3. The molecule has 0 aliphatic carbocycles. The van der Waals surface area contributed by atoms with E-state index in [-0.39, 0.29) is 4.91 Å². The Hall–Kier alpha value is -2.08. The minimum Gasteiger partial charge on any atom is -0.462 e. The molecule has 0 fully saturated rings. The zero-order chi connectivity index (χ0) is 24.2. The number of carbonyl (C=O) groups is 1. The third-order valence-corrected chi connectivity index (χ3v) is 6.39. The smallest absolute Gasteiger partial charge is 0.350 e. The van der Waals surface area contributed by atoms with Crippen LogP contribution >= 0.6 is 0 Å². The van der Waals surface area contributed by atoms with Crippen LogP contribution in [0.2, 0.25) is 0 Å². The average Bonchev–Trinajstić information content (AvgIpc) is 2.83. The number of unbranched alkanes of at least 4 members (excludes halogenated alkanes) is 9. The van der Waals surface area contributed by atoms with Crippen molar-refractivity contribution in [2.45, 2.75) is 85.0 Å². The molecule has 0 radical (unpaired) electrons. The van der Waals surface area contributed by atoms with E-state index in [4.69, 9.17) is 8.92 Å². The molecule has 0 aliphatic heterocycles. The van der Waals surface area contributed by atoms with Gasteiger partial charge in [0.1, 0.15) is 5.75 Å². The lowest BCUT2D eigenvalue weighted by Gasteiger charge is -2.14. The average molecular weight is 478 g/mol. The summed E-state index contributed by atoms with van der Waals surface area (Å²) < 4.78 is 23.6. The van der Waals surface area contributed by atoms with Gasteiger partial charge in [-0.15, -0.1) is 0 Å². The number of ether oxygens (including phenoxy) is 1. The summed E-state index contributed by atoms with van der Waals surface area (Å²) >= 11 is -1.96. The van der Waals surface area contributed by atoms with Crippen molar-refractivity contribution < 1.29 is 17.9 Å². The Morgan fingerprint density at radius 1 is 0.879 bits per heavy atom. The molecule has 0 bridgehead atoms. The minimum atomic E-state index is -1.96. The van der Waals surface area contributed by atoms with Gasteiger partial charge < -0.3 is 13.8 Å². The Bertz CT molecular complexity index is 714. The number of allylic oxidation sites excluding steroid dienone is 2. The van der Waals surface area contributed by atoms with Crippen molar-refractivity contribution >= 4 is 17.0 Å². The van der Waals surface area contributed by atoms with Gasteiger partial charge in [-0.1, -0.05) is 82.9 Å². The molecule has 186 valence electrons. The molecule has 0 amide bonds. The van der Waals surface area contributed by atoms with Crippen molar-refractivity contribution in [3.8, 4) is 5.75 Å². The molecule has 0 saturated carbocycles. The highest BCUT2D eigenvalue weighted by molar-refractivity contribution is 7.85. The second-order valence-electron chi connectivity index (χ2n) is 8.04. The Labute approximate surface area is 203 Å². The Kier molecular flexibility index (Phi) is 17.0. The molecule has 0 spiro atoms. The molecule has 1 rings (SSSR count). The van der Waals surface area contributed by atoms with Crippen LogP contribution in [0.25, 0.3) is 0 Å². The number of rotatable bonds is 19. The van der Waals surface area contributed by atoms with E-state index < -0.39 is 17.0 Å². The predicted octanol–water partition coefficient (Wildman–Crippen LogP) is 6.93. The van der Waals surface area contributed by atoms with Crippen LogP contribution in [0.4, 0.5) is 0 Å². The Morgan fingerprint density at radius 2 is 1.45 bits per heavy atom. The number of esters is 1. The van der Waals surface area contributed by atoms with E-state index in [1.54, 1.807) is 30.3 Å². The first-order valence-corrected chi connectivity index (χ1v) is 13.6. The fourth-order valence-electron chi connectivity index (χ4n) is 3.31. The third kappa shape index (κ3) is 13.9. The van der Waals surface area contributed by atoms with E-state index in [0.717, 1.165) is 32.4 Å². The first-order valence-electron chi connectivity index (χ1n) is 12.6. The van der Waals surface area contributed by atoms with E-state index >= 15 is 0 Å². The molecule has 6 heteroatoms. The molecule has 0 N–H and O–H groups in total. The summed E-state index contributed by atoms with van der Waals surface area (Å²) in [5, 5.41) is 0. The highest BCUT2D eigenvalue weighted by Gasteiger charge is 2.20.